The van der Waals surface area contributed by atoms with Crippen molar-refractivity contribution in [2.45, 2.75) is 32.2 Å². The van der Waals surface area contributed by atoms with E-state index in [4.69, 9.17) is 5.73 Å². The van der Waals surface area contributed by atoms with Crippen LogP contribution in [0.25, 0.3) is 10.9 Å². The van der Waals surface area contributed by atoms with Gasteiger partial charge >= 0.3 is 0 Å². The van der Waals surface area contributed by atoms with Crippen LogP contribution < -0.4 is 11.1 Å². The summed E-state index contributed by atoms with van der Waals surface area (Å²) in [6.45, 7) is 2.41. The summed E-state index contributed by atoms with van der Waals surface area (Å²) in [5.41, 5.74) is 6.30. The Morgan fingerprint density at radius 2 is 2.32 bits per heavy atom. The number of fused-ring (bicyclic) bond motifs is 1. The monoisotopic (exact) mass is 305 g/mol. The number of nitrogens with two attached hydrogens (primary N) is 1. The van der Waals surface area contributed by atoms with Gasteiger partial charge in [-0.15, -0.1) is 0 Å². The number of nitro benzene ring substituents is 1. The number of hydrogen-bond acceptors (Lipinski definition) is 5. The fraction of sp³-hybridized carbons (Fsp3) is 0.429. The highest BCUT2D eigenvalue weighted by Crippen LogP contribution is 2.22. The Morgan fingerprint density at radius 1 is 1.55 bits per heavy atom. The van der Waals surface area contributed by atoms with E-state index in [2.05, 4.69) is 22.4 Å². The zero-order chi connectivity index (χ0) is 16.1. The number of aromatic amines is 1. The Kier molecular flexibility index (Phi) is 5.05. The van der Waals surface area contributed by atoms with Crippen LogP contribution in [0.4, 0.5) is 5.69 Å². The number of carbonyl (C=O) groups excluding carboxylic acids is 1. The number of amides is 1. The largest absolute Gasteiger partial charge is 0.347 e. The number of H-pyrrole nitrogens is 1. The molecular formula is C14H19N5O3. The number of benzene rings is 1. The SMILES string of the molecule is CCCCC(CN)NC(=O)c1n[nH]c2ccc([N+](=O)[O-])cc12. The molecule has 0 bridgehead atoms. The average molecular weight is 305 g/mol. The third-order valence-electron chi connectivity index (χ3n) is 3.50. The van der Waals surface area contributed by atoms with Crippen molar-refractivity contribution in [3.63, 3.8) is 0 Å². The zero-order valence-corrected chi connectivity index (χ0v) is 12.3. The molecule has 1 atom stereocenters. The molecule has 0 aliphatic rings. The number of nitrogens with one attached hydrogen (secondary N) is 2. The molecule has 0 aliphatic heterocycles. The van der Waals surface area contributed by atoms with Crippen LogP contribution in [-0.2, 0) is 0 Å². The molecule has 1 unspecified atom stereocenters. The van der Waals surface area contributed by atoms with Gasteiger partial charge in [-0.05, 0) is 12.5 Å². The lowest BCUT2D eigenvalue weighted by Gasteiger charge is -2.15. The second-order valence-corrected chi connectivity index (χ2v) is 5.11. The Bertz CT molecular complexity index is 682. The number of carbonyl (C=O) groups is 1. The minimum Gasteiger partial charge on any atom is -0.347 e. The number of non-ortho nitro benzene ring substituents is 1. The molecule has 1 amide bonds. The Labute approximate surface area is 127 Å². The van der Waals surface area contributed by atoms with E-state index in [1.807, 2.05) is 0 Å². The van der Waals surface area contributed by atoms with E-state index in [1.54, 1.807) is 0 Å². The maximum atomic E-state index is 12.3. The highest BCUT2D eigenvalue weighted by molar-refractivity contribution is 6.05. The van der Waals surface area contributed by atoms with Gasteiger partial charge in [-0.25, -0.2) is 0 Å². The number of nitrogens with zero attached hydrogens (tertiary/aromatic N) is 2. The van der Waals surface area contributed by atoms with Gasteiger partial charge < -0.3 is 11.1 Å². The molecule has 0 spiro atoms. The molecule has 1 aromatic heterocycles. The minimum absolute atomic E-state index is 0.0793. The van der Waals surface area contributed by atoms with Gasteiger partial charge in [-0.1, -0.05) is 19.8 Å². The van der Waals surface area contributed by atoms with E-state index in [-0.39, 0.29) is 23.3 Å². The number of hydrogen-bond donors (Lipinski definition) is 3. The molecule has 0 radical (unpaired) electrons. The van der Waals surface area contributed by atoms with Gasteiger partial charge in [0.2, 0.25) is 0 Å². The number of rotatable bonds is 7. The highest BCUT2D eigenvalue weighted by Gasteiger charge is 2.19. The smallest absolute Gasteiger partial charge is 0.272 e. The van der Waals surface area contributed by atoms with Crippen molar-refractivity contribution in [3.8, 4) is 0 Å². The van der Waals surface area contributed by atoms with Crippen LogP contribution in [0.3, 0.4) is 0 Å². The van der Waals surface area contributed by atoms with Crippen molar-refractivity contribution < 1.29 is 9.72 Å². The van der Waals surface area contributed by atoms with Gasteiger partial charge in [0, 0.05) is 30.1 Å². The van der Waals surface area contributed by atoms with Crippen molar-refractivity contribution in [3.05, 3.63) is 34.0 Å². The van der Waals surface area contributed by atoms with Gasteiger partial charge in [0.05, 0.1) is 10.4 Å². The van der Waals surface area contributed by atoms with E-state index in [0.717, 1.165) is 19.3 Å². The first kappa shape index (κ1) is 15.9. The van der Waals surface area contributed by atoms with Gasteiger partial charge in [0.25, 0.3) is 11.6 Å². The van der Waals surface area contributed by atoms with Crippen LogP contribution in [0.15, 0.2) is 18.2 Å². The Hall–Kier alpha value is -2.48. The number of aromatic nitrogens is 2. The topological polar surface area (TPSA) is 127 Å². The van der Waals surface area contributed by atoms with Gasteiger partial charge in [0.15, 0.2) is 5.69 Å². The highest BCUT2D eigenvalue weighted by atomic mass is 16.6. The van der Waals surface area contributed by atoms with Crippen molar-refractivity contribution in [2.75, 3.05) is 6.54 Å². The summed E-state index contributed by atoms with van der Waals surface area (Å²) < 4.78 is 0. The average Bonchev–Trinajstić information content (AvgIpc) is 2.94. The maximum Gasteiger partial charge on any atom is 0.272 e. The second-order valence-electron chi connectivity index (χ2n) is 5.11. The molecule has 0 aliphatic carbocycles. The molecule has 4 N–H and O–H groups in total. The fourth-order valence-electron chi connectivity index (χ4n) is 2.24. The summed E-state index contributed by atoms with van der Waals surface area (Å²) in [7, 11) is 0. The Morgan fingerprint density at radius 3 is 2.95 bits per heavy atom. The third-order valence-corrected chi connectivity index (χ3v) is 3.50. The third kappa shape index (κ3) is 3.40. The molecule has 0 saturated heterocycles. The second kappa shape index (κ2) is 6.99. The first-order valence-corrected chi connectivity index (χ1v) is 7.20. The van der Waals surface area contributed by atoms with Gasteiger partial charge in [-0.2, -0.15) is 5.10 Å². The van der Waals surface area contributed by atoms with Crippen LogP contribution in [0.1, 0.15) is 36.7 Å². The van der Waals surface area contributed by atoms with Gasteiger partial charge in [-0.3, -0.25) is 20.0 Å². The number of unbranched alkanes of at least 4 members (excludes halogenated alkanes) is 1. The first-order chi connectivity index (χ1) is 10.6. The molecular weight excluding hydrogens is 286 g/mol. The number of nitro groups is 1. The molecule has 1 heterocycles. The van der Waals surface area contributed by atoms with Crippen LogP contribution in [-0.4, -0.2) is 33.6 Å². The minimum atomic E-state index is -0.502. The van der Waals surface area contributed by atoms with E-state index >= 15 is 0 Å². The molecule has 8 heteroatoms. The predicted octanol–water partition coefficient (Wildman–Crippen LogP) is 1.72. The van der Waals surface area contributed by atoms with Crippen molar-refractivity contribution in [2.24, 2.45) is 5.73 Å². The summed E-state index contributed by atoms with van der Waals surface area (Å²) in [6, 6.07) is 4.12. The lowest BCUT2D eigenvalue weighted by Crippen LogP contribution is -2.40. The van der Waals surface area contributed by atoms with Gasteiger partial charge in [0.1, 0.15) is 0 Å². The van der Waals surface area contributed by atoms with Crippen LogP contribution in [0, 0.1) is 10.1 Å². The summed E-state index contributed by atoms with van der Waals surface area (Å²) in [5, 5.41) is 20.8. The lowest BCUT2D eigenvalue weighted by atomic mass is 10.1. The van der Waals surface area contributed by atoms with Crippen molar-refractivity contribution in [1.82, 2.24) is 15.5 Å². The summed E-state index contributed by atoms with van der Waals surface area (Å²) >= 11 is 0. The summed E-state index contributed by atoms with van der Waals surface area (Å²) in [5.74, 6) is -0.377. The van der Waals surface area contributed by atoms with E-state index in [9.17, 15) is 14.9 Å². The molecule has 8 nitrogen and oxygen atoms in total. The molecule has 118 valence electrons. The quantitative estimate of drug-likeness (QED) is 0.530. The normalized spacial score (nSPS) is 12.3. The summed E-state index contributed by atoms with van der Waals surface area (Å²) in [4.78, 5) is 22.7. The molecule has 0 fully saturated rings. The molecule has 22 heavy (non-hydrogen) atoms. The molecule has 1 aromatic carbocycles. The molecule has 0 saturated carbocycles. The predicted molar refractivity (Wildman–Crippen MR) is 82.6 cm³/mol. The van der Waals surface area contributed by atoms with Crippen LogP contribution in [0.2, 0.25) is 0 Å². The zero-order valence-electron chi connectivity index (χ0n) is 12.3. The van der Waals surface area contributed by atoms with E-state index in [1.165, 1.54) is 18.2 Å². The van der Waals surface area contributed by atoms with E-state index in [0.29, 0.717) is 17.4 Å². The Balaban J connectivity index is 2.23. The van der Waals surface area contributed by atoms with E-state index < -0.39 is 4.92 Å². The lowest BCUT2D eigenvalue weighted by molar-refractivity contribution is -0.384. The first-order valence-electron chi connectivity index (χ1n) is 7.20. The maximum absolute atomic E-state index is 12.3. The van der Waals surface area contributed by atoms with Crippen molar-refractivity contribution >= 4 is 22.5 Å². The standard InChI is InChI=1S/C14H19N5O3/c1-2-3-4-9(8-15)16-14(20)13-11-7-10(19(21)22)5-6-12(11)17-18-13/h5-7,9H,2-4,8,15H2,1H3,(H,16,20)(H,17,18). The summed E-state index contributed by atoms with van der Waals surface area (Å²) in [6.07, 6.45) is 2.78. The van der Waals surface area contributed by atoms with Crippen LogP contribution >= 0.6 is 0 Å². The molecule has 2 aromatic rings. The molecule has 2 rings (SSSR count). The van der Waals surface area contributed by atoms with Crippen molar-refractivity contribution in [1.29, 1.82) is 0 Å². The van der Waals surface area contributed by atoms with Crippen LogP contribution in [0.5, 0.6) is 0 Å². The fourth-order valence-corrected chi connectivity index (χ4v) is 2.24.